The molecule has 0 atom stereocenters. The first-order valence-electron chi connectivity index (χ1n) is 7.88. The molecule has 2 aromatic heterocycles. The van der Waals surface area contributed by atoms with Crippen LogP contribution in [0, 0.1) is 13.8 Å². The van der Waals surface area contributed by atoms with Crippen molar-refractivity contribution in [2.75, 3.05) is 0 Å². The Morgan fingerprint density at radius 1 is 0.960 bits per heavy atom. The van der Waals surface area contributed by atoms with Crippen LogP contribution in [0.1, 0.15) is 11.1 Å². The summed E-state index contributed by atoms with van der Waals surface area (Å²) in [7, 11) is 0. The molecule has 0 fully saturated rings. The van der Waals surface area contributed by atoms with Gasteiger partial charge in [0.05, 0.1) is 5.52 Å². The number of alkyl halides is 2. The maximum Gasteiger partial charge on any atom is 0.387 e. The lowest BCUT2D eigenvalue weighted by Crippen LogP contribution is -2.03. The van der Waals surface area contributed by atoms with Gasteiger partial charge in [0.1, 0.15) is 17.0 Å². The number of benzene rings is 2. The highest BCUT2D eigenvalue weighted by atomic mass is 19.3. The second-order valence-corrected chi connectivity index (χ2v) is 5.90. The molecule has 0 bridgehead atoms. The molecule has 0 spiro atoms. The number of hydrogen-bond donors (Lipinski definition) is 0. The van der Waals surface area contributed by atoms with E-state index in [-0.39, 0.29) is 5.75 Å². The number of rotatable bonds is 3. The number of aryl methyl sites for hydroxylation is 2. The number of para-hydroxylation sites is 1. The molecule has 0 unspecified atom stereocenters. The maximum atomic E-state index is 12.6. The molecule has 4 aromatic rings. The van der Waals surface area contributed by atoms with Crippen molar-refractivity contribution in [2.45, 2.75) is 20.5 Å². The Bertz CT molecular complexity index is 1090. The Morgan fingerprint density at radius 3 is 2.52 bits per heavy atom. The Kier molecular flexibility index (Phi) is 3.64. The van der Waals surface area contributed by atoms with Gasteiger partial charge in [-0.15, -0.1) is 0 Å². The average molecular weight is 339 g/mol. The minimum absolute atomic E-state index is 0.121. The van der Waals surface area contributed by atoms with E-state index < -0.39 is 6.61 Å². The second kappa shape index (κ2) is 5.84. The van der Waals surface area contributed by atoms with E-state index >= 15 is 0 Å². The van der Waals surface area contributed by atoms with Crippen LogP contribution in [0.5, 0.6) is 5.75 Å². The third-order valence-electron chi connectivity index (χ3n) is 4.31. The van der Waals surface area contributed by atoms with Gasteiger partial charge in [0.15, 0.2) is 5.76 Å². The molecule has 0 aliphatic heterocycles. The second-order valence-electron chi connectivity index (χ2n) is 5.90. The molecule has 126 valence electrons. The Balaban J connectivity index is 1.91. The first kappa shape index (κ1) is 15.6. The van der Waals surface area contributed by atoms with Crippen LogP contribution in [0.3, 0.4) is 0 Å². The van der Waals surface area contributed by atoms with Crippen LogP contribution in [0.25, 0.3) is 33.3 Å². The quantitative estimate of drug-likeness (QED) is 0.468. The van der Waals surface area contributed by atoms with Gasteiger partial charge in [0.2, 0.25) is 0 Å². The summed E-state index contributed by atoms with van der Waals surface area (Å²) in [6.45, 7) is 0.996. The van der Waals surface area contributed by atoms with Crippen molar-refractivity contribution in [3.05, 3.63) is 59.7 Å². The summed E-state index contributed by atoms with van der Waals surface area (Å²) in [4.78, 5) is 4.65. The number of halogens is 2. The van der Waals surface area contributed by atoms with Gasteiger partial charge in [0, 0.05) is 16.3 Å². The fourth-order valence-corrected chi connectivity index (χ4v) is 3.07. The molecule has 0 amide bonds. The zero-order chi connectivity index (χ0) is 17.6. The normalized spacial score (nSPS) is 11.6. The Labute approximate surface area is 142 Å². The molecule has 0 aliphatic rings. The smallest absolute Gasteiger partial charge is 0.387 e. The van der Waals surface area contributed by atoms with Crippen LogP contribution in [-0.4, -0.2) is 11.6 Å². The van der Waals surface area contributed by atoms with Crippen LogP contribution >= 0.6 is 0 Å². The Morgan fingerprint density at radius 2 is 1.76 bits per heavy atom. The van der Waals surface area contributed by atoms with Gasteiger partial charge >= 0.3 is 6.61 Å². The molecule has 5 heteroatoms. The van der Waals surface area contributed by atoms with Gasteiger partial charge in [-0.2, -0.15) is 8.78 Å². The molecule has 4 rings (SSSR count). The summed E-state index contributed by atoms with van der Waals surface area (Å²) in [5.41, 5.74) is 3.96. The van der Waals surface area contributed by atoms with Crippen molar-refractivity contribution in [3.63, 3.8) is 0 Å². The van der Waals surface area contributed by atoms with Crippen LogP contribution in [0.15, 0.2) is 52.9 Å². The Hall–Kier alpha value is -2.95. The highest BCUT2D eigenvalue weighted by molar-refractivity contribution is 5.91. The zero-order valence-electron chi connectivity index (χ0n) is 13.7. The van der Waals surface area contributed by atoms with E-state index in [1.165, 1.54) is 6.07 Å². The number of ether oxygens (including phenoxy) is 1. The topological polar surface area (TPSA) is 35.3 Å². The monoisotopic (exact) mass is 339 g/mol. The van der Waals surface area contributed by atoms with Gasteiger partial charge < -0.3 is 9.15 Å². The van der Waals surface area contributed by atoms with E-state index in [0.29, 0.717) is 22.4 Å². The lowest BCUT2D eigenvalue weighted by Gasteiger charge is -2.10. The minimum Gasteiger partial charge on any atom is -0.454 e. The van der Waals surface area contributed by atoms with E-state index in [1.54, 1.807) is 18.2 Å². The lowest BCUT2D eigenvalue weighted by molar-refractivity contribution is -0.0488. The van der Waals surface area contributed by atoms with Crippen LogP contribution in [-0.2, 0) is 0 Å². The lowest BCUT2D eigenvalue weighted by atomic mass is 10.1. The number of aromatic nitrogens is 1. The molecule has 0 radical (unpaired) electrons. The summed E-state index contributed by atoms with van der Waals surface area (Å²) < 4.78 is 35.8. The number of hydrogen-bond acceptors (Lipinski definition) is 3. The number of fused-ring (bicyclic) bond motifs is 2. The molecule has 0 N–H and O–H groups in total. The highest BCUT2D eigenvalue weighted by Gasteiger charge is 2.16. The third-order valence-corrected chi connectivity index (χ3v) is 4.31. The van der Waals surface area contributed by atoms with Crippen molar-refractivity contribution in [3.8, 4) is 17.2 Å². The molecular weight excluding hydrogens is 324 g/mol. The van der Waals surface area contributed by atoms with E-state index in [2.05, 4.69) is 9.72 Å². The summed E-state index contributed by atoms with van der Waals surface area (Å²) in [5.74, 6) is 0.804. The molecule has 0 saturated carbocycles. The predicted octanol–water partition coefficient (Wildman–Crippen LogP) is 5.87. The van der Waals surface area contributed by atoms with E-state index in [1.807, 2.05) is 38.1 Å². The van der Waals surface area contributed by atoms with Crippen molar-refractivity contribution in [1.29, 1.82) is 0 Å². The van der Waals surface area contributed by atoms with Crippen molar-refractivity contribution in [2.24, 2.45) is 0 Å². The average Bonchev–Trinajstić information content (AvgIpc) is 2.94. The molecule has 3 nitrogen and oxygen atoms in total. The predicted molar refractivity (Wildman–Crippen MR) is 93.1 cm³/mol. The summed E-state index contributed by atoms with van der Waals surface area (Å²) >= 11 is 0. The van der Waals surface area contributed by atoms with Gasteiger partial charge in [-0.1, -0.05) is 24.3 Å². The van der Waals surface area contributed by atoms with Gasteiger partial charge in [-0.25, -0.2) is 4.98 Å². The molecule has 0 saturated heterocycles. The highest BCUT2D eigenvalue weighted by Crippen LogP contribution is 2.35. The van der Waals surface area contributed by atoms with Crippen LogP contribution in [0.4, 0.5) is 8.78 Å². The van der Waals surface area contributed by atoms with Crippen molar-refractivity contribution in [1.82, 2.24) is 4.98 Å². The molecular formula is C20H15F2NO2. The van der Waals surface area contributed by atoms with E-state index in [4.69, 9.17) is 4.42 Å². The molecule has 2 heterocycles. The summed E-state index contributed by atoms with van der Waals surface area (Å²) in [5, 5.41) is 1.59. The standard InChI is InChI=1S/C20H15F2NO2/c1-11-7-10-17(25-20(21)22)14-8-9-15(23-18(11)14)19-12(2)13-5-3-4-6-16(13)24-19/h3-10,20H,1-2H3. The first-order valence-corrected chi connectivity index (χ1v) is 7.88. The molecule has 2 aromatic carbocycles. The van der Waals surface area contributed by atoms with Gasteiger partial charge in [-0.05, 0) is 43.7 Å². The first-order chi connectivity index (χ1) is 12.0. The van der Waals surface area contributed by atoms with E-state index in [0.717, 1.165) is 22.1 Å². The number of furan rings is 1. The largest absolute Gasteiger partial charge is 0.454 e. The van der Waals surface area contributed by atoms with Crippen molar-refractivity contribution < 1.29 is 17.9 Å². The summed E-state index contributed by atoms with van der Waals surface area (Å²) in [6, 6.07) is 14.6. The number of nitrogens with zero attached hydrogens (tertiary/aromatic N) is 1. The third kappa shape index (κ3) is 2.61. The fraction of sp³-hybridized carbons (Fsp3) is 0.150. The van der Waals surface area contributed by atoms with Crippen molar-refractivity contribution >= 4 is 21.9 Å². The number of pyridine rings is 1. The van der Waals surface area contributed by atoms with E-state index in [9.17, 15) is 8.78 Å². The summed E-state index contributed by atoms with van der Waals surface area (Å²) in [6.07, 6.45) is 0. The van der Waals surface area contributed by atoms with Gasteiger partial charge in [-0.3, -0.25) is 0 Å². The SMILES string of the molecule is Cc1c(-c2ccc3c(OC(F)F)ccc(C)c3n2)oc2ccccc12. The van der Waals surface area contributed by atoms with Crippen LogP contribution in [0.2, 0.25) is 0 Å². The molecule has 25 heavy (non-hydrogen) atoms. The fourth-order valence-electron chi connectivity index (χ4n) is 3.07. The zero-order valence-corrected chi connectivity index (χ0v) is 13.7. The minimum atomic E-state index is -2.87. The maximum absolute atomic E-state index is 12.6. The van der Waals surface area contributed by atoms with Crippen LogP contribution < -0.4 is 4.74 Å². The molecule has 0 aliphatic carbocycles. The van der Waals surface area contributed by atoms with Gasteiger partial charge in [0.25, 0.3) is 0 Å².